The van der Waals surface area contributed by atoms with E-state index in [0.29, 0.717) is 17.4 Å². The fourth-order valence-corrected chi connectivity index (χ4v) is 2.39. The van der Waals surface area contributed by atoms with Gasteiger partial charge in [-0.25, -0.2) is 4.39 Å². The lowest BCUT2D eigenvalue weighted by molar-refractivity contribution is 0.237. The molecule has 1 aromatic carbocycles. The molecule has 0 unspecified atom stereocenters. The Bertz CT molecular complexity index is 394. The lowest BCUT2D eigenvalue weighted by Crippen LogP contribution is -2.44. The summed E-state index contributed by atoms with van der Waals surface area (Å²) in [5, 5.41) is 3.61. The van der Waals surface area contributed by atoms with Crippen molar-refractivity contribution in [2.24, 2.45) is 5.41 Å². The van der Waals surface area contributed by atoms with E-state index < -0.39 is 0 Å². The molecular weight excluding hydrogens is 225 g/mol. The molecule has 0 spiro atoms. The zero-order valence-electron chi connectivity index (χ0n) is 11.7. The number of halogens is 1. The molecule has 1 aliphatic rings. The second-order valence-electron chi connectivity index (χ2n) is 6.29. The summed E-state index contributed by atoms with van der Waals surface area (Å²) in [5.41, 5.74) is 1.26. The van der Waals surface area contributed by atoms with Gasteiger partial charge < -0.3 is 5.32 Å². The monoisotopic (exact) mass is 249 g/mol. The van der Waals surface area contributed by atoms with Crippen molar-refractivity contribution in [3.05, 3.63) is 35.6 Å². The quantitative estimate of drug-likeness (QED) is 0.828. The molecule has 0 amide bonds. The number of nitrogens with one attached hydrogen (secondary N) is 1. The van der Waals surface area contributed by atoms with Gasteiger partial charge in [-0.05, 0) is 42.2 Å². The summed E-state index contributed by atoms with van der Waals surface area (Å²) in [6, 6.07) is 7.75. The summed E-state index contributed by atoms with van der Waals surface area (Å²) in [7, 11) is 0. The highest BCUT2D eigenvalue weighted by molar-refractivity contribution is 5.24. The van der Waals surface area contributed by atoms with Gasteiger partial charge in [0, 0.05) is 12.6 Å². The molecule has 1 fully saturated rings. The third kappa shape index (κ3) is 3.11. The normalized spacial score (nSPS) is 23.8. The van der Waals surface area contributed by atoms with Crippen molar-refractivity contribution >= 4 is 0 Å². The van der Waals surface area contributed by atoms with Crippen molar-refractivity contribution in [1.82, 2.24) is 5.32 Å². The number of hydrogen-bond donors (Lipinski definition) is 1. The van der Waals surface area contributed by atoms with E-state index in [9.17, 15) is 4.39 Å². The second-order valence-corrected chi connectivity index (χ2v) is 6.29. The Labute approximate surface area is 110 Å². The first-order chi connectivity index (χ1) is 8.52. The average molecular weight is 249 g/mol. The van der Waals surface area contributed by atoms with Crippen LogP contribution in [-0.2, 0) is 0 Å². The summed E-state index contributed by atoms with van der Waals surface area (Å²) >= 11 is 0. The molecule has 1 aliphatic carbocycles. The third-order valence-electron chi connectivity index (χ3n) is 4.31. The van der Waals surface area contributed by atoms with E-state index in [0.717, 1.165) is 24.9 Å². The highest BCUT2D eigenvalue weighted by atomic mass is 19.1. The van der Waals surface area contributed by atoms with Crippen molar-refractivity contribution in [1.29, 1.82) is 0 Å². The van der Waals surface area contributed by atoms with Gasteiger partial charge in [0.05, 0.1) is 0 Å². The van der Waals surface area contributed by atoms with Crippen LogP contribution in [0.15, 0.2) is 24.3 Å². The van der Waals surface area contributed by atoms with E-state index in [-0.39, 0.29) is 5.82 Å². The third-order valence-corrected chi connectivity index (χ3v) is 4.31. The van der Waals surface area contributed by atoms with Crippen LogP contribution in [0.2, 0.25) is 0 Å². The molecule has 100 valence electrons. The predicted octanol–water partition coefficient (Wildman–Crippen LogP) is 4.10. The molecule has 2 heteroatoms. The van der Waals surface area contributed by atoms with Gasteiger partial charge >= 0.3 is 0 Å². The topological polar surface area (TPSA) is 12.0 Å². The minimum absolute atomic E-state index is 0.0464. The Balaban J connectivity index is 1.79. The van der Waals surface area contributed by atoms with Gasteiger partial charge in [-0.2, -0.15) is 0 Å². The van der Waals surface area contributed by atoms with E-state index in [1.54, 1.807) is 12.1 Å². The Kier molecular flexibility index (Phi) is 4.06. The van der Waals surface area contributed by atoms with Gasteiger partial charge in [0.2, 0.25) is 0 Å². The summed E-state index contributed by atoms with van der Waals surface area (Å²) in [6.45, 7) is 7.85. The summed E-state index contributed by atoms with van der Waals surface area (Å²) in [5.74, 6) is 0.364. The van der Waals surface area contributed by atoms with Gasteiger partial charge in [0.15, 0.2) is 0 Å². The smallest absolute Gasteiger partial charge is 0.126 e. The maximum atomic E-state index is 13.6. The second kappa shape index (κ2) is 5.40. The zero-order valence-corrected chi connectivity index (χ0v) is 11.7. The van der Waals surface area contributed by atoms with E-state index in [4.69, 9.17) is 0 Å². The Morgan fingerprint density at radius 2 is 1.94 bits per heavy atom. The molecular formula is C16H24FN. The molecule has 0 bridgehead atoms. The summed E-state index contributed by atoms with van der Waals surface area (Å²) in [6.07, 6.45) is 3.32. The highest BCUT2D eigenvalue weighted by Crippen LogP contribution is 2.38. The lowest BCUT2D eigenvalue weighted by Gasteiger charge is -2.38. The maximum absolute atomic E-state index is 13.6. The van der Waals surface area contributed by atoms with E-state index in [1.165, 1.54) is 6.42 Å². The zero-order chi connectivity index (χ0) is 13.2. The SMILES string of the molecule is CCC(C)(C)CNC1CC(c2ccccc2F)C1. The Hall–Kier alpha value is -0.890. The fourth-order valence-electron chi connectivity index (χ4n) is 2.39. The average Bonchev–Trinajstić information content (AvgIpc) is 2.29. The van der Waals surface area contributed by atoms with Gasteiger partial charge in [0.25, 0.3) is 0 Å². The minimum Gasteiger partial charge on any atom is -0.313 e. The van der Waals surface area contributed by atoms with Gasteiger partial charge in [-0.3, -0.25) is 0 Å². The van der Waals surface area contributed by atoms with Crippen LogP contribution in [0.3, 0.4) is 0 Å². The van der Waals surface area contributed by atoms with Crippen molar-refractivity contribution in [2.75, 3.05) is 6.54 Å². The molecule has 1 N–H and O–H groups in total. The van der Waals surface area contributed by atoms with Gasteiger partial charge in [0.1, 0.15) is 5.82 Å². The van der Waals surface area contributed by atoms with Crippen LogP contribution >= 0.6 is 0 Å². The molecule has 1 aromatic rings. The Morgan fingerprint density at radius 3 is 2.56 bits per heavy atom. The van der Waals surface area contributed by atoms with Crippen LogP contribution in [0.1, 0.15) is 51.5 Å². The predicted molar refractivity (Wildman–Crippen MR) is 74.2 cm³/mol. The van der Waals surface area contributed by atoms with E-state index >= 15 is 0 Å². The molecule has 0 atom stereocenters. The number of benzene rings is 1. The van der Waals surface area contributed by atoms with E-state index in [2.05, 4.69) is 26.1 Å². The van der Waals surface area contributed by atoms with Crippen LogP contribution < -0.4 is 5.32 Å². The molecule has 0 saturated heterocycles. The van der Waals surface area contributed by atoms with Crippen LogP contribution in [-0.4, -0.2) is 12.6 Å². The molecule has 1 saturated carbocycles. The first-order valence-electron chi connectivity index (χ1n) is 6.99. The van der Waals surface area contributed by atoms with Crippen molar-refractivity contribution in [2.45, 2.75) is 52.0 Å². The maximum Gasteiger partial charge on any atom is 0.126 e. The van der Waals surface area contributed by atoms with Crippen LogP contribution in [0.25, 0.3) is 0 Å². The van der Waals surface area contributed by atoms with Crippen LogP contribution in [0, 0.1) is 11.2 Å². The largest absolute Gasteiger partial charge is 0.313 e. The first kappa shape index (κ1) is 13.5. The van der Waals surface area contributed by atoms with Gasteiger partial charge in [-0.15, -0.1) is 0 Å². The summed E-state index contributed by atoms with van der Waals surface area (Å²) < 4.78 is 13.6. The molecule has 0 aromatic heterocycles. The number of hydrogen-bond acceptors (Lipinski definition) is 1. The Morgan fingerprint density at radius 1 is 1.28 bits per heavy atom. The minimum atomic E-state index is -0.0464. The first-order valence-corrected chi connectivity index (χ1v) is 6.99. The van der Waals surface area contributed by atoms with Crippen molar-refractivity contribution in [3.63, 3.8) is 0 Å². The standard InChI is InChI=1S/C16H24FN/c1-4-16(2,3)11-18-13-9-12(10-13)14-7-5-6-8-15(14)17/h5-8,12-13,18H,4,9-11H2,1-3H3. The summed E-state index contributed by atoms with van der Waals surface area (Å²) in [4.78, 5) is 0. The fraction of sp³-hybridized carbons (Fsp3) is 0.625. The van der Waals surface area contributed by atoms with Crippen molar-refractivity contribution < 1.29 is 4.39 Å². The number of rotatable bonds is 5. The molecule has 18 heavy (non-hydrogen) atoms. The molecule has 2 rings (SSSR count). The van der Waals surface area contributed by atoms with Crippen LogP contribution in [0.5, 0.6) is 0 Å². The molecule has 0 radical (unpaired) electrons. The molecule has 0 heterocycles. The molecule has 0 aliphatic heterocycles. The molecule has 1 nitrogen and oxygen atoms in total. The van der Waals surface area contributed by atoms with Crippen molar-refractivity contribution in [3.8, 4) is 0 Å². The van der Waals surface area contributed by atoms with Crippen LogP contribution in [0.4, 0.5) is 4.39 Å². The van der Waals surface area contributed by atoms with Gasteiger partial charge in [-0.1, -0.05) is 39.0 Å². The lowest BCUT2D eigenvalue weighted by atomic mass is 9.75. The highest BCUT2D eigenvalue weighted by Gasteiger charge is 2.32. The van der Waals surface area contributed by atoms with E-state index in [1.807, 2.05) is 12.1 Å².